The second kappa shape index (κ2) is 7.29. The van der Waals surface area contributed by atoms with Crippen molar-refractivity contribution in [3.8, 4) is 0 Å². The average Bonchev–Trinajstić information content (AvgIpc) is 3.01. The Hall–Kier alpha value is -1.96. The first-order valence-corrected chi connectivity index (χ1v) is 8.43. The standard InChI is InChI=1S/C16H23FN4O3/c1-2-3-11-9-21(10-12(11)15(22)23)16-18-8-13(17)14(19-16)20-4-6-24-7-5-20/h8,11-12H,2-7,9-10H2,1H3,(H,22,23). The number of carbonyl (C=O) groups is 1. The molecule has 8 heteroatoms. The Morgan fingerprint density at radius 3 is 2.79 bits per heavy atom. The fourth-order valence-corrected chi connectivity index (χ4v) is 3.48. The summed E-state index contributed by atoms with van der Waals surface area (Å²) in [7, 11) is 0. The van der Waals surface area contributed by atoms with Crippen molar-refractivity contribution in [3.63, 3.8) is 0 Å². The smallest absolute Gasteiger partial charge is 0.308 e. The van der Waals surface area contributed by atoms with Gasteiger partial charge in [-0.3, -0.25) is 4.79 Å². The highest BCUT2D eigenvalue weighted by Gasteiger charge is 2.38. The van der Waals surface area contributed by atoms with Crippen molar-refractivity contribution >= 4 is 17.7 Å². The summed E-state index contributed by atoms with van der Waals surface area (Å²) in [4.78, 5) is 23.7. The maximum absolute atomic E-state index is 14.1. The summed E-state index contributed by atoms with van der Waals surface area (Å²) in [6.45, 7) is 5.27. The molecule has 2 fully saturated rings. The molecule has 3 rings (SSSR count). The molecule has 7 nitrogen and oxygen atoms in total. The number of rotatable bonds is 5. The van der Waals surface area contributed by atoms with E-state index in [0.717, 1.165) is 12.8 Å². The second-order valence-corrected chi connectivity index (χ2v) is 6.34. The van der Waals surface area contributed by atoms with E-state index < -0.39 is 17.7 Å². The molecule has 1 N–H and O–H groups in total. The van der Waals surface area contributed by atoms with Crippen LogP contribution in [0, 0.1) is 17.7 Å². The van der Waals surface area contributed by atoms with E-state index in [2.05, 4.69) is 9.97 Å². The lowest BCUT2D eigenvalue weighted by Gasteiger charge is -2.28. The van der Waals surface area contributed by atoms with Gasteiger partial charge in [-0.25, -0.2) is 9.37 Å². The zero-order chi connectivity index (χ0) is 17.1. The molecule has 0 spiro atoms. The number of ether oxygens (including phenoxy) is 1. The van der Waals surface area contributed by atoms with Crippen LogP contribution in [0.25, 0.3) is 0 Å². The van der Waals surface area contributed by atoms with Crippen LogP contribution in [-0.4, -0.2) is 60.4 Å². The van der Waals surface area contributed by atoms with Gasteiger partial charge in [0.2, 0.25) is 5.95 Å². The minimum Gasteiger partial charge on any atom is -0.481 e. The van der Waals surface area contributed by atoms with Gasteiger partial charge < -0.3 is 19.6 Å². The predicted octanol–water partition coefficient (Wildman–Crippen LogP) is 1.39. The Morgan fingerprint density at radius 1 is 1.38 bits per heavy atom. The molecule has 0 aliphatic carbocycles. The summed E-state index contributed by atoms with van der Waals surface area (Å²) in [5, 5.41) is 9.43. The van der Waals surface area contributed by atoms with Crippen LogP contribution in [0.15, 0.2) is 6.20 Å². The highest BCUT2D eigenvalue weighted by molar-refractivity contribution is 5.72. The van der Waals surface area contributed by atoms with E-state index in [0.29, 0.717) is 45.3 Å². The fraction of sp³-hybridized carbons (Fsp3) is 0.688. The van der Waals surface area contributed by atoms with E-state index in [1.165, 1.54) is 6.20 Å². The summed E-state index contributed by atoms with van der Waals surface area (Å²) in [6.07, 6.45) is 2.96. The molecule has 2 aliphatic rings. The largest absolute Gasteiger partial charge is 0.481 e. The van der Waals surface area contributed by atoms with E-state index >= 15 is 0 Å². The Balaban J connectivity index is 1.80. The molecule has 2 aliphatic heterocycles. The van der Waals surface area contributed by atoms with E-state index in [1.807, 2.05) is 16.7 Å². The van der Waals surface area contributed by atoms with Crippen LogP contribution in [0.4, 0.5) is 16.2 Å². The summed E-state index contributed by atoms with van der Waals surface area (Å²) >= 11 is 0. The van der Waals surface area contributed by atoms with E-state index in [-0.39, 0.29) is 11.7 Å². The van der Waals surface area contributed by atoms with Crippen molar-refractivity contribution in [2.24, 2.45) is 11.8 Å². The number of carboxylic acids is 1. The highest BCUT2D eigenvalue weighted by atomic mass is 19.1. The highest BCUT2D eigenvalue weighted by Crippen LogP contribution is 2.31. The molecule has 2 saturated heterocycles. The minimum atomic E-state index is -0.786. The summed E-state index contributed by atoms with van der Waals surface area (Å²) in [5.41, 5.74) is 0. The average molecular weight is 338 g/mol. The third-order valence-corrected chi connectivity index (χ3v) is 4.72. The van der Waals surface area contributed by atoms with Crippen LogP contribution >= 0.6 is 0 Å². The lowest BCUT2D eigenvalue weighted by molar-refractivity contribution is -0.142. The number of aliphatic carboxylic acids is 1. The second-order valence-electron chi connectivity index (χ2n) is 6.34. The van der Waals surface area contributed by atoms with Crippen molar-refractivity contribution in [2.75, 3.05) is 49.2 Å². The molecule has 0 bridgehead atoms. The number of aromatic nitrogens is 2. The Kier molecular flexibility index (Phi) is 5.13. The van der Waals surface area contributed by atoms with Crippen molar-refractivity contribution in [1.29, 1.82) is 0 Å². The molecule has 2 unspecified atom stereocenters. The summed E-state index contributed by atoms with van der Waals surface area (Å²) in [6, 6.07) is 0. The zero-order valence-corrected chi connectivity index (χ0v) is 13.8. The quantitative estimate of drug-likeness (QED) is 0.869. The van der Waals surface area contributed by atoms with Crippen LogP contribution in [-0.2, 0) is 9.53 Å². The lowest BCUT2D eigenvalue weighted by atomic mass is 9.92. The van der Waals surface area contributed by atoms with Gasteiger partial charge in [-0.2, -0.15) is 4.98 Å². The number of morpholine rings is 1. The predicted molar refractivity (Wildman–Crippen MR) is 86.8 cm³/mol. The zero-order valence-electron chi connectivity index (χ0n) is 13.8. The molecule has 24 heavy (non-hydrogen) atoms. The number of nitrogens with zero attached hydrogens (tertiary/aromatic N) is 4. The van der Waals surface area contributed by atoms with Crippen LogP contribution in [0.3, 0.4) is 0 Å². The number of hydrogen-bond acceptors (Lipinski definition) is 6. The monoisotopic (exact) mass is 338 g/mol. The van der Waals surface area contributed by atoms with Crippen LogP contribution in [0.1, 0.15) is 19.8 Å². The van der Waals surface area contributed by atoms with Gasteiger partial charge in [0.05, 0.1) is 25.3 Å². The molecule has 132 valence electrons. The van der Waals surface area contributed by atoms with E-state index in [9.17, 15) is 14.3 Å². The number of anilines is 2. The van der Waals surface area contributed by atoms with Crippen LogP contribution < -0.4 is 9.80 Å². The summed E-state index contributed by atoms with van der Waals surface area (Å²) in [5.74, 6) is -0.915. The maximum atomic E-state index is 14.1. The van der Waals surface area contributed by atoms with Gasteiger partial charge in [-0.1, -0.05) is 13.3 Å². The molecule has 0 amide bonds. The first-order chi connectivity index (χ1) is 11.6. The number of carboxylic acid groups (broad SMARTS) is 1. The van der Waals surface area contributed by atoms with Crippen LogP contribution in [0.2, 0.25) is 0 Å². The number of halogens is 1. The molecule has 1 aromatic rings. The molecule has 0 radical (unpaired) electrons. The molecule has 3 heterocycles. The van der Waals surface area contributed by atoms with Crippen LogP contribution in [0.5, 0.6) is 0 Å². The van der Waals surface area contributed by atoms with Gasteiger partial charge in [-0.15, -0.1) is 0 Å². The van der Waals surface area contributed by atoms with Crippen molar-refractivity contribution in [1.82, 2.24) is 9.97 Å². The number of hydrogen-bond donors (Lipinski definition) is 1. The minimum absolute atomic E-state index is 0.0768. The molecular formula is C16H23FN4O3. The first kappa shape index (κ1) is 16.9. The van der Waals surface area contributed by atoms with Gasteiger partial charge in [0.25, 0.3) is 0 Å². The van der Waals surface area contributed by atoms with E-state index in [1.54, 1.807) is 0 Å². The Labute approximate surface area is 140 Å². The fourth-order valence-electron chi connectivity index (χ4n) is 3.48. The molecule has 1 aromatic heterocycles. The molecule has 2 atom stereocenters. The molecular weight excluding hydrogens is 315 g/mol. The SMILES string of the molecule is CCCC1CN(c2ncc(F)c(N3CCOCC3)n2)CC1C(=O)O. The Morgan fingerprint density at radius 2 is 2.12 bits per heavy atom. The summed E-state index contributed by atoms with van der Waals surface area (Å²) < 4.78 is 19.4. The first-order valence-electron chi connectivity index (χ1n) is 8.43. The normalized spacial score (nSPS) is 24.4. The molecule has 0 aromatic carbocycles. The van der Waals surface area contributed by atoms with E-state index in [4.69, 9.17) is 4.74 Å². The van der Waals surface area contributed by atoms with Gasteiger partial charge in [-0.05, 0) is 12.3 Å². The van der Waals surface area contributed by atoms with Gasteiger partial charge in [0.1, 0.15) is 0 Å². The van der Waals surface area contributed by atoms with Gasteiger partial charge in [0, 0.05) is 26.2 Å². The van der Waals surface area contributed by atoms with Crippen molar-refractivity contribution in [2.45, 2.75) is 19.8 Å². The van der Waals surface area contributed by atoms with Crippen molar-refractivity contribution in [3.05, 3.63) is 12.0 Å². The molecule has 0 saturated carbocycles. The van der Waals surface area contributed by atoms with Gasteiger partial charge >= 0.3 is 5.97 Å². The van der Waals surface area contributed by atoms with Gasteiger partial charge in [0.15, 0.2) is 11.6 Å². The Bertz CT molecular complexity index is 595. The third kappa shape index (κ3) is 3.43. The third-order valence-electron chi connectivity index (χ3n) is 4.72. The topological polar surface area (TPSA) is 78.8 Å². The lowest BCUT2D eigenvalue weighted by Crippen LogP contribution is -2.37. The van der Waals surface area contributed by atoms with Crippen molar-refractivity contribution < 1.29 is 19.0 Å². The maximum Gasteiger partial charge on any atom is 0.308 e.